The van der Waals surface area contributed by atoms with E-state index in [1.807, 2.05) is 0 Å². The van der Waals surface area contributed by atoms with E-state index < -0.39 is 23.1 Å². The fourth-order valence-corrected chi connectivity index (χ4v) is 2.57. The zero-order valence-corrected chi connectivity index (χ0v) is 11.4. The Hall–Kier alpha value is -1.59. The van der Waals surface area contributed by atoms with E-state index in [2.05, 4.69) is 0 Å². The number of ketones is 1. The minimum Gasteiger partial charge on any atom is -0.481 e. The van der Waals surface area contributed by atoms with Gasteiger partial charge in [-0.25, -0.2) is 4.79 Å². The molecule has 0 radical (unpaired) electrons. The number of aliphatic carboxylic acids is 1. The standard InChI is InChI=1S/C13H19NO5/c1-12(2,3)19-11(18)14-6-8(7-14)13(10(16)17)4-9(15)5-13/h8H,4-7H2,1-3H3,(H,16,17). The van der Waals surface area contributed by atoms with Crippen molar-refractivity contribution in [3.63, 3.8) is 0 Å². The highest BCUT2D eigenvalue weighted by atomic mass is 16.6. The third-order valence-corrected chi connectivity index (χ3v) is 3.77. The Bertz CT molecular complexity index is 423. The van der Waals surface area contributed by atoms with Crippen LogP contribution in [0.1, 0.15) is 33.6 Å². The van der Waals surface area contributed by atoms with Crippen LogP contribution in [0.3, 0.4) is 0 Å². The first-order valence-electron chi connectivity index (χ1n) is 6.37. The summed E-state index contributed by atoms with van der Waals surface area (Å²) in [6.45, 7) is 6.06. The molecule has 106 valence electrons. The van der Waals surface area contributed by atoms with Crippen molar-refractivity contribution >= 4 is 17.8 Å². The molecule has 2 rings (SSSR count). The Morgan fingerprint density at radius 3 is 2.21 bits per heavy atom. The molecule has 19 heavy (non-hydrogen) atoms. The van der Waals surface area contributed by atoms with Gasteiger partial charge in [-0.15, -0.1) is 0 Å². The number of hydrogen-bond donors (Lipinski definition) is 1. The molecule has 1 N–H and O–H groups in total. The highest BCUT2D eigenvalue weighted by Gasteiger charge is 2.59. The summed E-state index contributed by atoms with van der Waals surface area (Å²) in [5.74, 6) is -1.09. The minimum atomic E-state index is -0.949. The van der Waals surface area contributed by atoms with Gasteiger partial charge >= 0.3 is 12.1 Å². The van der Waals surface area contributed by atoms with Crippen molar-refractivity contribution in [3.05, 3.63) is 0 Å². The molecule has 1 aliphatic heterocycles. The van der Waals surface area contributed by atoms with Gasteiger partial charge in [0.15, 0.2) is 0 Å². The van der Waals surface area contributed by atoms with Crippen LogP contribution in [-0.2, 0) is 14.3 Å². The van der Waals surface area contributed by atoms with Gasteiger partial charge < -0.3 is 14.7 Å². The fraction of sp³-hybridized carbons (Fsp3) is 0.769. The van der Waals surface area contributed by atoms with Crippen molar-refractivity contribution in [3.8, 4) is 0 Å². The first kappa shape index (κ1) is 13.8. The number of nitrogens with zero attached hydrogens (tertiary/aromatic N) is 1. The SMILES string of the molecule is CC(C)(C)OC(=O)N1CC(C2(C(=O)O)CC(=O)C2)C1. The van der Waals surface area contributed by atoms with Crippen molar-refractivity contribution in [2.75, 3.05) is 13.1 Å². The van der Waals surface area contributed by atoms with Crippen LogP contribution in [0.5, 0.6) is 0 Å². The molecular weight excluding hydrogens is 250 g/mol. The zero-order valence-electron chi connectivity index (χ0n) is 11.4. The molecule has 1 saturated heterocycles. The number of ether oxygens (including phenoxy) is 1. The summed E-state index contributed by atoms with van der Waals surface area (Å²) < 4.78 is 5.21. The number of rotatable bonds is 2. The van der Waals surface area contributed by atoms with Gasteiger partial charge in [-0.3, -0.25) is 9.59 Å². The van der Waals surface area contributed by atoms with E-state index in [0.29, 0.717) is 13.1 Å². The third kappa shape index (κ3) is 2.43. The van der Waals surface area contributed by atoms with Crippen molar-refractivity contribution < 1.29 is 24.2 Å². The number of likely N-dealkylation sites (tertiary alicyclic amines) is 1. The number of carboxylic acids is 1. The number of Topliss-reactive ketones (excluding diaryl/α,β-unsaturated/α-hetero) is 1. The number of carbonyl (C=O) groups is 3. The van der Waals surface area contributed by atoms with Crippen molar-refractivity contribution in [2.24, 2.45) is 11.3 Å². The van der Waals surface area contributed by atoms with Crippen LogP contribution in [-0.4, -0.2) is 46.5 Å². The number of amides is 1. The van der Waals surface area contributed by atoms with Gasteiger partial charge in [-0.2, -0.15) is 0 Å². The Balaban J connectivity index is 1.91. The predicted molar refractivity (Wildman–Crippen MR) is 65.6 cm³/mol. The lowest BCUT2D eigenvalue weighted by Gasteiger charge is -2.51. The molecule has 2 aliphatic rings. The smallest absolute Gasteiger partial charge is 0.410 e. The van der Waals surface area contributed by atoms with Crippen LogP contribution in [0.4, 0.5) is 4.79 Å². The minimum absolute atomic E-state index is 0.0156. The lowest BCUT2D eigenvalue weighted by atomic mass is 9.58. The van der Waals surface area contributed by atoms with Gasteiger partial charge in [0, 0.05) is 31.8 Å². The van der Waals surface area contributed by atoms with Crippen LogP contribution in [0.15, 0.2) is 0 Å². The Kier molecular flexibility index (Phi) is 3.07. The van der Waals surface area contributed by atoms with E-state index in [0.717, 1.165) is 0 Å². The van der Waals surface area contributed by atoms with E-state index in [9.17, 15) is 19.5 Å². The molecular formula is C13H19NO5. The van der Waals surface area contributed by atoms with Crippen LogP contribution in [0.25, 0.3) is 0 Å². The molecule has 1 aliphatic carbocycles. The molecule has 0 atom stereocenters. The van der Waals surface area contributed by atoms with Crippen LogP contribution in [0.2, 0.25) is 0 Å². The zero-order chi connectivity index (χ0) is 14.4. The lowest BCUT2D eigenvalue weighted by molar-refractivity contribution is -0.172. The number of hydrogen-bond acceptors (Lipinski definition) is 4. The topological polar surface area (TPSA) is 83.9 Å². The molecule has 1 amide bonds. The molecule has 0 spiro atoms. The van der Waals surface area contributed by atoms with E-state index in [1.165, 1.54) is 4.90 Å². The van der Waals surface area contributed by atoms with Crippen LogP contribution < -0.4 is 0 Å². The largest absolute Gasteiger partial charge is 0.481 e. The van der Waals surface area contributed by atoms with Gasteiger partial charge in [0.25, 0.3) is 0 Å². The monoisotopic (exact) mass is 269 g/mol. The summed E-state index contributed by atoms with van der Waals surface area (Å²) in [5.41, 5.74) is -1.51. The molecule has 0 aromatic heterocycles. The molecule has 2 fully saturated rings. The molecule has 0 aromatic carbocycles. The second-order valence-corrected chi connectivity index (χ2v) is 6.44. The van der Waals surface area contributed by atoms with E-state index in [1.54, 1.807) is 20.8 Å². The molecule has 0 unspecified atom stereocenters. The third-order valence-electron chi connectivity index (χ3n) is 3.77. The van der Waals surface area contributed by atoms with E-state index in [4.69, 9.17) is 4.74 Å². The van der Waals surface area contributed by atoms with Crippen LogP contribution >= 0.6 is 0 Å². The molecule has 6 nitrogen and oxygen atoms in total. The average Bonchev–Trinajstić information content (AvgIpc) is 2.07. The van der Waals surface area contributed by atoms with Gasteiger partial charge in [0.05, 0.1) is 5.41 Å². The molecule has 0 bridgehead atoms. The quantitative estimate of drug-likeness (QED) is 0.816. The maximum absolute atomic E-state index is 11.7. The molecule has 6 heteroatoms. The summed E-state index contributed by atoms with van der Waals surface area (Å²) >= 11 is 0. The molecule has 0 aromatic rings. The van der Waals surface area contributed by atoms with Crippen LogP contribution in [0, 0.1) is 11.3 Å². The highest BCUT2D eigenvalue weighted by Crippen LogP contribution is 2.48. The summed E-state index contributed by atoms with van der Waals surface area (Å²) in [5, 5.41) is 9.26. The number of carbonyl (C=O) groups excluding carboxylic acids is 2. The Morgan fingerprint density at radius 1 is 1.32 bits per heavy atom. The highest BCUT2D eigenvalue weighted by molar-refractivity contribution is 5.97. The number of carboxylic acid groups (broad SMARTS) is 1. The van der Waals surface area contributed by atoms with E-state index in [-0.39, 0.29) is 24.5 Å². The normalized spacial score (nSPS) is 22.5. The Morgan fingerprint density at radius 2 is 1.84 bits per heavy atom. The molecule has 1 heterocycles. The fourth-order valence-electron chi connectivity index (χ4n) is 2.57. The second kappa shape index (κ2) is 4.21. The van der Waals surface area contributed by atoms with E-state index >= 15 is 0 Å². The first-order valence-corrected chi connectivity index (χ1v) is 6.37. The second-order valence-electron chi connectivity index (χ2n) is 6.44. The average molecular weight is 269 g/mol. The summed E-state index contributed by atoms with van der Waals surface area (Å²) in [6.07, 6.45) is -0.237. The van der Waals surface area contributed by atoms with Crippen molar-refractivity contribution in [1.29, 1.82) is 0 Å². The maximum Gasteiger partial charge on any atom is 0.410 e. The summed E-state index contributed by atoms with van der Waals surface area (Å²) in [6, 6.07) is 0. The van der Waals surface area contributed by atoms with Gasteiger partial charge in [0.2, 0.25) is 0 Å². The Labute approximate surface area is 111 Å². The van der Waals surface area contributed by atoms with Gasteiger partial charge in [-0.1, -0.05) is 0 Å². The van der Waals surface area contributed by atoms with Gasteiger partial charge in [0.1, 0.15) is 11.4 Å². The van der Waals surface area contributed by atoms with Crippen molar-refractivity contribution in [2.45, 2.75) is 39.2 Å². The summed E-state index contributed by atoms with van der Waals surface area (Å²) in [4.78, 5) is 35.6. The maximum atomic E-state index is 11.7. The molecule has 1 saturated carbocycles. The lowest BCUT2D eigenvalue weighted by Crippen LogP contribution is -2.63. The predicted octanol–water partition coefficient (Wildman–Crippen LogP) is 1.29. The van der Waals surface area contributed by atoms with Gasteiger partial charge in [-0.05, 0) is 20.8 Å². The summed E-state index contributed by atoms with van der Waals surface area (Å²) in [7, 11) is 0. The van der Waals surface area contributed by atoms with Crippen molar-refractivity contribution in [1.82, 2.24) is 4.90 Å². The first-order chi connectivity index (χ1) is 8.64.